The Labute approximate surface area is 201 Å². The van der Waals surface area contributed by atoms with Crippen LogP contribution in [-0.4, -0.2) is 58.8 Å². The van der Waals surface area contributed by atoms with Crippen molar-refractivity contribution >= 4 is 34.8 Å². The van der Waals surface area contributed by atoms with Crippen molar-refractivity contribution < 1.29 is 18.9 Å². The van der Waals surface area contributed by atoms with Crippen molar-refractivity contribution in [1.82, 2.24) is 26.2 Å². The summed E-state index contributed by atoms with van der Waals surface area (Å²) in [5.74, 6) is 0.808. The van der Waals surface area contributed by atoms with Crippen LogP contribution in [0.1, 0.15) is 24.8 Å². The van der Waals surface area contributed by atoms with Gasteiger partial charge in [-0.25, -0.2) is 4.79 Å². The minimum atomic E-state index is -1.16. The first kappa shape index (κ1) is 22.6. The number of carbonyl (C=O) groups excluding carboxylic acids is 2. The summed E-state index contributed by atoms with van der Waals surface area (Å²) < 4.78 is 17.2. The lowest BCUT2D eigenvalue weighted by Crippen LogP contribution is -2.39. The van der Waals surface area contributed by atoms with Crippen molar-refractivity contribution in [3.05, 3.63) is 40.2 Å². The van der Waals surface area contributed by atoms with Gasteiger partial charge < -0.3 is 29.9 Å². The number of hydrogen-bond donors (Lipinski definition) is 3. The van der Waals surface area contributed by atoms with Crippen molar-refractivity contribution in [2.75, 3.05) is 32.4 Å². The Morgan fingerprint density at radius 2 is 1.82 bits per heavy atom. The third-order valence-corrected chi connectivity index (χ3v) is 8.13. The second-order valence-electron chi connectivity index (χ2n) is 9.24. The number of nitrogens with zero attached hydrogens (tertiary/aromatic N) is 2. The molecule has 1 aliphatic carbocycles. The second kappa shape index (κ2) is 9.25. The van der Waals surface area contributed by atoms with Crippen molar-refractivity contribution in [3.63, 3.8) is 0 Å². The SMILES string of the molecule is C[S+]([O-])c1cc(Cl)cc(COC(=O)N2C[C@@H]3CN(C(=O)[C@@H]4CCC5=C(C4)NNN5)C[C@H]3C2)c1. The average molecular weight is 494 g/mol. The zero-order chi connectivity index (χ0) is 23.1. The van der Waals surface area contributed by atoms with Crippen molar-refractivity contribution in [2.45, 2.75) is 30.8 Å². The van der Waals surface area contributed by atoms with Gasteiger partial charge in [-0.1, -0.05) is 11.6 Å². The van der Waals surface area contributed by atoms with Crippen LogP contribution in [0, 0.1) is 17.8 Å². The van der Waals surface area contributed by atoms with E-state index in [0.29, 0.717) is 41.7 Å². The van der Waals surface area contributed by atoms with Crippen molar-refractivity contribution in [3.8, 4) is 0 Å². The molecule has 1 aromatic carbocycles. The predicted molar refractivity (Wildman–Crippen MR) is 123 cm³/mol. The van der Waals surface area contributed by atoms with Crippen LogP contribution in [0.25, 0.3) is 0 Å². The number of likely N-dealkylation sites (tertiary alicyclic amines) is 2. The number of ether oxygens (including phenoxy) is 1. The Balaban J connectivity index is 1.11. The van der Waals surface area contributed by atoms with Crippen LogP contribution in [0.4, 0.5) is 4.79 Å². The van der Waals surface area contributed by atoms with Crippen LogP contribution in [0.5, 0.6) is 0 Å². The molecule has 0 bridgehead atoms. The van der Waals surface area contributed by atoms with E-state index in [9.17, 15) is 14.1 Å². The van der Waals surface area contributed by atoms with E-state index in [4.69, 9.17) is 16.3 Å². The molecule has 1 aromatic rings. The van der Waals surface area contributed by atoms with Crippen molar-refractivity contribution in [2.24, 2.45) is 17.8 Å². The lowest BCUT2D eigenvalue weighted by atomic mass is 9.89. The minimum Gasteiger partial charge on any atom is -0.612 e. The molecule has 2 saturated heterocycles. The number of amides is 2. The fraction of sp³-hybridized carbons (Fsp3) is 0.545. The number of nitrogens with one attached hydrogen (secondary N) is 3. The predicted octanol–water partition coefficient (Wildman–Crippen LogP) is 1.73. The molecule has 4 aliphatic rings. The monoisotopic (exact) mass is 493 g/mol. The molecule has 1 unspecified atom stereocenters. The highest BCUT2D eigenvalue weighted by molar-refractivity contribution is 7.90. The van der Waals surface area contributed by atoms with Crippen LogP contribution < -0.4 is 16.4 Å². The fourth-order valence-electron chi connectivity index (χ4n) is 5.29. The molecule has 9 nitrogen and oxygen atoms in total. The number of hydrogen-bond acceptors (Lipinski definition) is 7. The van der Waals surface area contributed by atoms with E-state index in [2.05, 4.69) is 16.4 Å². The molecule has 3 heterocycles. The van der Waals surface area contributed by atoms with E-state index >= 15 is 0 Å². The van der Waals surface area contributed by atoms with Gasteiger partial charge in [0, 0.05) is 72.8 Å². The molecule has 3 N–H and O–H groups in total. The third-order valence-electron chi connectivity index (χ3n) is 7.02. The summed E-state index contributed by atoms with van der Waals surface area (Å²) in [6, 6.07) is 5.11. The highest BCUT2D eigenvalue weighted by Gasteiger charge is 2.45. The maximum Gasteiger partial charge on any atom is 0.410 e. The van der Waals surface area contributed by atoms with E-state index in [1.165, 1.54) is 0 Å². The van der Waals surface area contributed by atoms with Gasteiger partial charge in [-0.15, -0.1) is 0 Å². The number of fused-ring (bicyclic) bond motifs is 1. The Kier molecular flexibility index (Phi) is 6.34. The van der Waals surface area contributed by atoms with Gasteiger partial charge in [0.1, 0.15) is 12.9 Å². The van der Waals surface area contributed by atoms with E-state index in [1.54, 1.807) is 29.4 Å². The molecular weight excluding hydrogens is 466 g/mol. The Morgan fingerprint density at radius 1 is 1.12 bits per heavy atom. The molecule has 0 radical (unpaired) electrons. The van der Waals surface area contributed by atoms with E-state index < -0.39 is 11.2 Å². The van der Waals surface area contributed by atoms with Gasteiger partial charge in [-0.3, -0.25) is 4.79 Å². The zero-order valence-electron chi connectivity index (χ0n) is 18.4. The summed E-state index contributed by atoms with van der Waals surface area (Å²) >= 11 is 4.93. The topological polar surface area (TPSA) is 109 Å². The van der Waals surface area contributed by atoms with Gasteiger partial charge in [0.2, 0.25) is 5.91 Å². The number of rotatable bonds is 4. The largest absolute Gasteiger partial charge is 0.612 e. The van der Waals surface area contributed by atoms with Crippen molar-refractivity contribution in [1.29, 1.82) is 0 Å². The number of carbonyl (C=O) groups is 2. The number of benzene rings is 1. The van der Waals surface area contributed by atoms with Gasteiger partial charge in [-0.05, 0) is 41.7 Å². The number of halogens is 1. The third kappa shape index (κ3) is 4.75. The summed E-state index contributed by atoms with van der Waals surface area (Å²) in [5.41, 5.74) is 12.0. The molecule has 178 valence electrons. The molecule has 3 aliphatic heterocycles. The number of hydrazine groups is 2. The molecular formula is C22H28ClN5O4S. The fourth-order valence-corrected chi connectivity index (χ4v) is 6.22. The molecule has 0 spiro atoms. The van der Waals surface area contributed by atoms with Gasteiger partial charge in [0.25, 0.3) is 0 Å². The summed E-state index contributed by atoms with van der Waals surface area (Å²) in [6.07, 6.45) is 3.68. The van der Waals surface area contributed by atoms with E-state index in [-0.39, 0.29) is 36.4 Å². The molecule has 2 fully saturated rings. The van der Waals surface area contributed by atoms with Crippen LogP contribution in [0.3, 0.4) is 0 Å². The average Bonchev–Trinajstić information content (AvgIpc) is 3.50. The number of allylic oxidation sites excluding steroid dienone is 2. The molecule has 0 aromatic heterocycles. The quantitative estimate of drug-likeness (QED) is 0.548. The maximum atomic E-state index is 13.1. The van der Waals surface area contributed by atoms with Gasteiger partial charge in [0.05, 0.1) is 0 Å². The smallest absolute Gasteiger partial charge is 0.410 e. The first-order valence-corrected chi connectivity index (χ1v) is 13.1. The Hall–Kier alpha value is -2.14. The summed E-state index contributed by atoms with van der Waals surface area (Å²) in [4.78, 5) is 30.1. The lowest BCUT2D eigenvalue weighted by molar-refractivity contribution is -0.135. The highest BCUT2D eigenvalue weighted by Crippen LogP contribution is 2.35. The molecule has 5 rings (SSSR count). The van der Waals surface area contributed by atoms with E-state index in [0.717, 1.165) is 30.7 Å². The van der Waals surface area contributed by atoms with Crippen LogP contribution >= 0.6 is 11.6 Å². The molecule has 2 amide bonds. The highest BCUT2D eigenvalue weighted by atomic mass is 35.5. The standard InChI is InChI=1S/C22H28ClN5O4S/c1-33(31)18-5-13(4-17(23)7-18)12-32-22(30)28-10-15-8-27(9-16(15)11-28)21(29)14-2-3-19-20(6-14)25-26-24-19/h4-5,7,14-16,24-26H,2-3,6,8-12H2,1H3/t14-,15+,16+,33?/m1/s1. The molecule has 11 heteroatoms. The maximum absolute atomic E-state index is 13.1. The molecule has 33 heavy (non-hydrogen) atoms. The second-order valence-corrected chi connectivity index (χ2v) is 11.1. The van der Waals surface area contributed by atoms with Crippen LogP contribution in [0.2, 0.25) is 5.02 Å². The van der Waals surface area contributed by atoms with Gasteiger partial charge in [0.15, 0.2) is 4.90 Å². The normalized spacial score (nSPS) is 27.1. The Bertz CT molecular complexity index is 976. The first-order valence-electron chi connectivity index (χ1n) is 11.2. The summed E-state index contributed by atoms with van der Waals surface area (Å²) in [6.45, 7) is 2.67. The Morgan fingerprint density at radius 3 is 2.55 bits per heavy atom. The van der Waals surface area contributed by atoms with E-state index in [1.807, 2.05) is 4.90 Å². The van der Waals surface area contributed by atoms with Crippen LogP contribution in [-0.2, 0) is 27.3 Å². The summed E-state index contributed by atoms with van der Waals surface area (Å²) in [7, 11) is 0. The first-order chi connectivity index (χ1) is 15.9. The van der Waals surface area contributed by atoms with Gasteiger partial charge in [-0.2, -0.15) is 5.53 Å². The van der Waals surface area contributed by atoms with Gasteiger partial charge >= 0.3 is 6.09 Å². The molecule has 0 saturated carbocycles. The zero-order valence-corrected chi connectivity index (χ0v) is 20.0. The minimum absolute atomic E-state index is 0.0119. The summed E-state index contributed by atoms with van der Waals surface area (Å²) in [5, 5.41) is 0.468. The molecule has 4 atom stereocenters. The lowest BCUT2D eigenvalue weighted by Gasteiger charge is -2.28. The van der Waals surface area contributed by atoms with Crippen LogP contribution in [0.15, 0.2) is 34.5 Å².